The fourth-order valence-corrected chi connectivity index (χ4v) is 3.75. The lowest BCUT2D eigenvalue weighted by Gasteiger charge is -2.26. The summed E-state index contributed by atoms with van der Waals surface area (Å²) in [5, 5.41) is 0.783. The number of amides is 1. The van der Waals surface area contributed by atoms with Crippen molar-refractivity contribution in [1.82, 2.24) is 9.21 Å². The molecule has 0 fully saturated rings. The van der Waals surface area contributed by atoms with Crippen LogP contribution in [0.2, 0.25) is 5.02 Å². The van der Waals surface area contributed by atoms with E-state index in [1.807, 2.05) is 0 Å². The van der Waals surface area contributed by atoms with Gasteiger partial charge in [-0.15, -0.1) is 5.69 Å². The third-order valence-corrected chi connectivity index (χ3v) is 6.54. The predicted molar refractivity (Wildman–Crippen MR) is 127 cm³/mol. The Morgan fingerprint density at radius 3 is 2.48 bits per heavy atom. The van der Waals surface area contributed by atoms with Crippen LogP contribution in [0.25, 0.3) is 15.7 Å². The van der Waals surface area contributed by atoms with Crippen LogP contribution in [0, 0.1) is 6.92 Å². The van der Waals surface area contributed by atoms with E-state index < -0.39 is 21.9 Å². The molecular formula is C22H23ClN3O6S-. The first-order valence-electron chi connectivity index (χ1n) is 9.78. The minimum Gasteiger partial charge on any atom is -0.564 e. The van der Waals surface area contributed by atoms with Crippen LogP contribution >= 0.6 is 11.6 Å². The van der Waals surface area contributed by atoms with Crippen LogP contribution in [0.4, 0.5) is 10.5 Å². The number of carbonyl (C=O) groups excluding carboxylic acids is 1. The van der Waals surface area contributed by atoms with Crippen molar-refractivity contribution in [1.29, 1.82) is 0 Å². The Hall–Kier alpha value is -3.08. The largest absolute Gasteiger partial charge is 0.564 e. The summed E-state index contributed by atoms with van der Waals surface area (Å²) < 4.78 is 39.6. The van der Waals surface area contributed by atoms with Crippen LogP contribution in [0.1, 0.15) is 16.7 Å². The van der Waals surface area contributed by atoms with E-state index in [0.29, 0.717) is 22.1 Å². The molecule has 0 atom stereocenters. The SMILES string of the molecule is Cc1c(Cc2cccc([N-]S(=O)(=O)N(C)C)c2)c(=O)oc2cc(OC(=O)N(C)C)c(Cl)cc12. The van der Waals surface area contributed by atoms with Gasteiger partial charge in [0.15, 0.2) is 16.0 Å². The molecule has 0 aliphatic rings. The van der Waals surface area contributed by atoms with Gasteiger partial charge >= 0.3 is 11.7 Å². The molecule has 0 N–H and O–H groups in total. The van der Waals surface area contributed by atoms with Gasteiger partial charge in [-0.3, -0.25) is 0 Å². The van der Waals surface area contributed by atoms with Crippen molar-refractivity contribution in [2.45, 2.75) is 13.3 Å². The van der Waals surface area contributed by atoms with E-state index >= 15 is 0 Å². The Morgan fingerprint density at radius 2 is 1.85 bits per heavy atom. The lowest BCUT2D eigenvalue weighted by atomic mass is 9.99. The van der Waals surface area contributed by atoms with E-state index in [1.165, 1.54) is 39.2 Å². The number of rotatable bonds is 6. The molecule has 33 heavy (non-hydrogen) atoms. The highest BCUT2D eigenvalue weighted by Crippen LogP contribution is 2.33. The molecule has 9 nitrogen and oxygen atoms in total. The summed E-state index contributed by atoms with van der Waals surface area (Å²) in [6.45, 7) is 1.77. The van der Waals surface area contributed by atoms with Crippen molar-refractivity contribution in [3.63, 3.8) is 0 Å². The summed E-state index contributed by atoms with van der Waals surface area (Å²) in [4.78, 5) is 25.8. The minimum atomic E-state index is -3.78. The second kappa shape index (κ2) is 9.42. The van der Waals surface area contributed by atoms with Gasteiger partial charge in [-0.25, -0.2) is 22.3 Å². The Bertz CT molecular complexity index is 1380. The van der Waals surface area contributed by atoms with Crippen LogP contribution in [-0.4, -0.2) is 51.9 Å². The van der Waals surface area contributed by atoms with E-state index in [0.717, 1.165) is 4.31 Å². The van der Waals surface area contributed by atoms with Crippen molar-refractivity contribution < 1.29 is 22.4 Å². The molecule has 0 spiro atoms. The Balaban J connectivity index is 1.97. The quantitative estimate of drug-likeness (QED) is 0.476. The second-order valence-electron chi connectivity index (χ2n) is 7.73. The zero-order valence-corrected chi connectivity index (χ0v) is 20.3. The van der Waals surface area contributed by atoms with Crippen molar-refractivity contribution in [3.05, 3.63) is 73.3 Å². The average Bonchev–Trinajstić information content (AvgIpc) is 2.72. The maximum atomic E-state index is 12.7. The molecule has 3 rings (SSSR count). The first kappa shape index (κ1) is 24.6. The molecule has 0 aliphatic carbocycles. The Morgan fingerprint density at radius 1 is 1.15 bits per heavy atom. The highest BCUT2D eigenvalue weighted by atomic mass is 35.5. The number of carbonyl (C=O) groups is 1. The highest BCUT2D eigenvalue weighted by molar-refractivity contribution is 7.92. The first-order valence-corrected chi connectivity index (χ1v) is 11.6. The number of benzene rings is 2. The molecule has 0 bridgehead atoms. The minimum absolute atomic E-state index is 0.0783. The number of fused-ring (bicyclic) bond motifs is 1. The fraction of sp³-hybridized carbons (Fsp3) is 0.273. The summed E-state index contributed by atoms with van der Waals surface area (Å²) >= 11 is 6.30. The summed E-state index contributed by atoms with van der Waals surface area (Å²) in [6.07, 6.45) is -0.418. The number of aryl methyl sites for hydroxylation is 1. The van der Waals surface area contributed by atoms with Crippen molar-refractivity contribution in [2.75, 3.05) is 28.2 Å². The topological polar surface area (TPSA) is 111 Å². The number of hydrogen-bond acceptors (Lipinski definition) is 6. The normalized spacial score (nSPS) is 11.6. The predicted octanol–water partition coefficient (Wildman–Crippen LogP) is 4.22. The van der Waals surface area contributed by atoms with Crippen LogP contribution in [0.5, 0.6) is 5.75 Å². The molecule has 11 heteroatoms. The van der Waals surface area contributed by atoms with Crippen LogP contribution in [0.15, 0.2) is 45.6 Å². The lowest BCUT2D eigenvalue weighted by molar-refractivity contribution is 0.172. The zero-order valence-electron chi connectivity index (χ0n) is 18.7. The van der Waals surface area contributed by atoms with Gasteiger partial charge in [-0.2, -0.15) is 0 Å². The molecule has 0 radical (unpaired) electrons. The highest BCUT2D eigenvalue weighted by Gasteiger charge is 2.17. The molecule has 0 unspecified atom stereocenters. The van der Waals surface area contributed by atoms with Crippen molar-refractivity contribution >= 4 is 44.6 Å². The third-order valence-electron chi connectivity index (χ3n) is 4.88. The van der Waals surface area contributed by atoms with Gasteiger partial charge in [0.05, 0.1) is 5.02 Å². The molecule has 3 aromatic rings. The van der Waals surface area contributed by atoms with Crippen LogP contribution in [0.3, 0.4) is 0 Å². The Labute approximate surface area is 196 Å². The summed E-state index contributed by atoms with van der Waals surface area (Å²) in [7, 11) is 2.07. The smallest absolute Gasteiger partial charge is 0.414 e. The van der Waals surface area contributed by atoms with Gasteiger partial charge < -0.3 is 18.8 Å². The standard InChI is InChI=1S/C22H23ClN3O6S/c1-13-16-11-18(23)20(32-22(28)25(2)3)12-19(16)31-21(27)17(13)10-14-7-6-8-15(9-14)24-33(29,30)26(4)5/h6-9,11-12H,10H2,1-5H3/q-1. The molecule has 2 aromatic carbocycles. The molecule has 1 aromatic heterocycles. The third kappa shape index (κ3) is 5.47. The van der Waals surface area contributed by atoms with Gasteiger partial charge in [0.2, 0.25) is 0 Å². The maximum absolute atomic E-state index is 12.7. The van der Waals surface area contributed by atoms with E-state index in [2.05, 4.69) is 4.72 Å². The molecular weight excluding hydrogens is 470 g/mol. The van der Waals surface area contributed by atoms with Gasteiger partial charge in [0.1, 0.15) is 5.58 Å². The van der Waals surface area contributed by atoms with Crippen LogP contribution < -0.4 is 10.4 Å². The van der Waals surface area contributed by atoms with E-state index in [4.69, 9.17) is 20.8 Å². The van der Waals surface area contributed by atoms with Gasteiger partial charge in [0.25, 0.3) is 0 Å². The molecule has 1 amide bonds. The number of nitrogens with zero attached hydrogens (tertiary/aromatic N) is 3. The van der Waals surface area contributed by atoms with Gasteiger partial charge in [0, 0.05) is 51.6 Å². The molecule has 1 heterocycles. The number of ether oxygens (including phenoxy) is 1. The maximum Gasteiger partial charge on any atom is 0.414 e. The fourth-order valence-electron chi connectivity index (χ4n) is 3.00. The summed E-state index contributed by atoms with van der Waals surface area (Å²) in [5.74, 6) is 0.0783. The lowest BCUT2D eigenvalue weighted by Crippen LogP contribution is -2.25. The molecule has 0 saturated heterocycles. The summed E-state index contributed by atoms with van der Waals surface area (Å²) in [5.41, 5.74) is 1.65. The van der Waals surface area contributed by atoms with E-state index in [1.54, 1.807) is 37.3 Å². The number of hydrogen-bond donors (Lipinski definition) is 0. The van der Waals surface area contributed by atoms with Crippen molar-refractivity contribution in [3.8, 4) is 5.75 Å². The van der Waals surface area contributed by atoms with Crippen LogP contribution in [-0.2, 0) is 16.6 Å². The monoisotopic (exact) mass is 492 g/mol. The Kier molecular flexibility index (Phi) is 7.01. The average molecular weight is 493 g/mol. The van der Waals surface area contributed by atoms with Gasteiger partial charge in [-0.05, 0) is 24.1 Å². The van der Waals surface area contributed by atoms with E-state index in [9.17, 15) is 18.0 Å². The molecule has 176 valence electrons. The number of halogens is 1. The van der Waals surface area contributed by atoms with E-state index in [-0.39, 0.29) is 28.5 Å². The molecule has 0 saturated carbocycles. The zero-order chi connectivity index (χ0) is 24.5. The first-order chi connectivity index (χ1) is 15.4. The second-order valence-corrected chi connectivity index (χ2v) is 9.95. The summed E-state index contributed by atoms with van der Waals surface area (Å²) in [6, 6.07) is 9.58. The molecule has 0 aliphatic heterocycles. The van der Waals surface area contributed by atoms with Crippen molar-refractivity contribution in [2.24, 2.45) is 0 Å². The van der Waals surface area contributed by atoms with Gasteiger partial charge in [-0.1, -0.05) is 35.9 Å².